The van der Waals surface area contributed by atoms with Gasteiger partial charge in [0.2, 0.25) is 5.82 Å². The van der Waals surface area contributed by atoms with E-state index < -0.39 is 46.9 Å². The van der Waals surface area contributed by atoms with Crippen LogP contribution in [-0.4, -0.2) is 24.0 Å². The van der Waals surface area contributed by atoms with Crippen LogP contribution >= 0.6 is 0 Å². The van der Waals surface area contributed by atoms with Gasteiger partial charge in [-0.2, -0.15) is 4.39 Å². The second-order valence-corrected chi connectivity index (χ2v) is 3.06. The van der Waals surface area contributed by atoms with E-state index in [1.165, 1.54) is 0 Å². The zero-order valence-electron chi connectivity index (χ0n) is 8.59. The average molecular weight is 248 g/mol. The first kappa shape index (κ1) is 13.0. The lowest BCUT2D eigenvalue weighted by atomic mass is 10.1. The third-order valence-corrected chi connectivity index (χ3v) is 1.93. The summed E-state index contributed by atoms with van der Waals surface area (Å²) in [6.07, 6.45) is -1.02. The summed E-state index contributed by atoms with van der Waals surface area (Å²) in [7, 11) is 0.895. The van der Waals surface area contributed by atoms with E-state index in [0.717, 1.165) is 7.11 Å². The maximum Gasteiger partial charge on any atom is 0.311 e. The fourth-order valence-electron chi connectivity index (χ4n) is 1.20. The molecular formula is C10H7F3O4. The largest absolute Gasteiger partial charge is 0.491 e. The minimum Gasteiger partial charge on any atom is -0.491 e. The number of methoxy groups -OCH3 is 1. The van der Waals surface area contributed by atoms with Crippen molar-refractivity contribution >= 4 is 11.8 Å². The molecule has 1 rings (SSSR count). The minimum atomic E-state index is -1.57. The third-order valence-electron chi connectivity index (χ3n) is 1.93. The summed E-state index contributed by atoms with van der Waals surface area (Å²) < 4.78 is 43.7. The number of carbonyl (C=O) groups is 2. The maximum atomic E-state index is 13.5. The van der Waals surface area contributed by atoms with E-state index in [1.807, 2.05) is 0 Å². The predicted octanol–water partition coefficient (Wildman–Crippen LogP) is 1.77. The van der Waals surface area contributed by atoms with Crippen molar-refractivity contribution in [1.29, 1.82) is 0 Å². The number of carboxylic acids is 1. The Hall–Kier alpha value is -2.05. The molecule has 92 valence electrons. The molecule has 0 radical (unpaired) electrons. The van der Waals surface area contributed by atoms with Gasteiger partial charge >= 0.3 is 5.97 Å². The predicted molar refractivity (Wildman–Crippen MR) is 49.5 cm³/mol. The van der Waals surface area contributed by atoms with Gasteiger partial charge in [-0.3, -0.25) is 9.59 Å². The highest BCUT2D eigenvalue weighted by Gasteiger charge is 2.24. The molecule has 0 saturated carbocycles. The molecule has 0 fully saturated rings. The molecule has 7 heteroatoms. The zero-order chi connectivity index (χ0) is 13.2. The Bertz CT molecular complexity index is 485. The van der Waals surface area contributed by atoms with Crippen LogP contribution in [0.4, 0.5) is 13.2 Å². The van der Waals surface area contributed by atoms with Gasteiger partial charge in [0, 0.05) is 0 Å². The summed E-state index contributed by atoms with van der Waals surface area (Å²) in [5.41, 5.74) is -0.858. The number of halogens is 3. The fraction of sp³-hybridized carbons (Fsp3) is 0.200. The molecule has 0 aliphatic rings. The lowest BCUT2D eigenvalue weighted by molar-refractivity contribution is -0.135. The Morgan fingerprint density at radius 2 is 1.88 bits per heavy atom. The number of hydrogen-bond donors (Lipinski definition) is 1. The number of rotatable bonds is 4. The van der Waals surface area contributed by atoms with Crippen LogP contribution in [0.15, 0.2) is 6.07 Å². The number of Topliss-reactive ketones (excluding diaryl/α,β-unsaturated/α-hetero) is 1. The summed E-state index contributed by atoms with van der Waals surface area (Å²) in [5, 5.41) is 8.34. The SMILES string of the molecule is COc1c(F)c(F)cc(C(=O)CC(=O)O)c1F. The molecule has 1 N–H and O–H groups in total. The number of ketones is 1. The molecular weight excluding hydrogens is 241 g/mol. The normalized spacial score (nSPS) is 10.1. The van der Waals surface area contributed by atoms with Gasteiger partial charge in [0.25, 0.3) is 0 Å². The van der Waals surface area contributed by atoms with Gasteiger partial charge in [-0.25, -0.2) is 8.78 Å². The summed E-state index contributed by atoms with van der Waals surface area (Å²) in [6, 6.07) is 0.304. The molecule has 0 aliphatic heterocycles. The van der Waals surface area contributed by atoms with E-state index in [-0.39, 0.29) is 0 Å². The molecule has 1 aromatic carbocycles. The second-order valence-electron chi connectivity index (χ2n) is 3.06. The first-order valence-corrected chi connectivity index (χ1v) is 4.35. The monoisotopic (exact) mass is 248 g/mol. The van der Waals surface area contributed by atoms with Crippen LogP contribution in [0.2, 0.25) is 0 Å². The Labute approximate surface area is 93.6 Å². The van der Waals surface area contributed by atoms with Crippen LogP contribution in [0.5, 0.6) is 5.75 Å². The van der Waals surface area contributed by atoms with Crippen molar-refractivity contribution < 1.29 is 32.6 Å². The van der Waals surface area contributed by atoms with E-state index in [0.29, 0.717) is 6.07 Å². The number of aliphatic carboxylic acids is 1. The van der Waals surface area contributed by atoms with Crippen LogP contribution in [0.25, 0.3) is 0 Å². The first-order valence-electron chi connectivity index (χ1n) is 4.35. The van der Waals surface area contributed by atoms with Gasteiger partial charge in [-0.05, 0) is 6.07 Å². The molecule has 0 amide bonds. The average Bonchev–Trinajstić information content (AvgIpc) is 2.23. The smallest absolute Gasteiger partial charge is 0.311 e. The highest BCUT2D eigenvalue weighted by atomic mass is 19.2. The topological polar surface area (TPSA) is 63.6 Å². The van der Waals surface area contributed by atoms with E-state index in [4.69, 9.17) is 5.11 Å². The molecule has 0 spiro atoms. The highest BCUT2D eigenvalue weighted by Crippen LogP contribution is 2.27. The molecule has 0 aliphatic carbocycles. The minimum absolute atomic E-state index is 0.304. The molecule has 0 unspecified atom stereocenters. The molecule has 17 heavy (non-hydrogen) atoms. The van der Waals surface area contributed by atoms with Gasteiger partial charge in [0.1, 0.15) is 6.42 Å². The Kier molecular flexibility index (Phi) is 3.72. The Morgan fingerprint density at radius 1 is 1.29 bits per heavy atom. The van der Waals surface area contributed by atoms with Crippen molar-refractivity contribution in [3.8, 4) is 5.75 Å². The molecule has 1 aromatic rings. The van der Waals surface area contributed by atoms with E-state index in [1.54, 1.807) is 0 Å². The summed E-state index contributed by atoms with van der Waals surface area (Å²) in [4.78, 5) is 21.5. The molecule has 0 bridgehead atoms. The number of carboxylic acid groups (broad SMARTS) is 1. The molecule has 4 nitrogen and oxygen atoms in total. The zero-order valence-corrected chi connectivity index (χ0v) is 8.59. The maximum absolute atomic E-state index is 13.5. The number of benzene rings is 1. The molecule has 0 saturated heterocycles. The van der Waals surface area contributed by atoms with Crippen LogP contribution in [0.3, 0.4) is 0 Å². The van der Waals surface area contributed by atoms with Crippen LogP contribution < -0.4 is 4.74 Å². The molecule has 0 heterocycles. The second kappa shape index (κ2) is 4.86. The van der Waals surface area contributed by atoms with Crippen molar-refractivity contribution in [2.75, 3.05) is 7.11 Å². The van der Waals surface area contributed by atoms with E-state index in [2.05, 4.69) is 4.74 Å². The third kappa shape index (κ3) is 2.55. The molecule has 0 atom stereocenters. The highest BCUT2D eigenvalue weighted by molar-refractivity contribution is 6.05. The summed E-state index contributed by atoms with van der Waals surface area (Å²) >= 11 is 0. The summed E-state index contributed by atoms with van der Waals surface area (Å²) in [6.45, 7) is 0. The first-order chi connectivity index (χ1) is 7.88. The van der Waals surface area contributed by atoms with Crippen molar-refractivity contribution in [3.63, 3.8) is 0 Å². The van der Waals surface area contributed by atoms with Gasteiger partial charge < -0.3 is 9.84 Å². The van der Waals surface area contributed by atoms with Gasteiger partial charge in [-0.1, -0.05) is 0 Å². The lowest BCUT2D eigenvalue weighted by Crippen LogP contribution is -2.11. The Balaban J connectivity index is 3.30. The Morgan fingerprint density at radius 3 is 2.35 bits per heavy atom. The fourth-order valence-corrected chi connectivity index (χ4v) is 1.20. The standard InChI is InChI=1S/C10H7F3O4/c1-17-10-8(12)4(2-5(11)9(10)13)6(14)3-7(15)16/h2H,3H2,1H3,(H,15,16). The number of hydrogen-bond acceptors (Lipinski definition) is 3. The lowest BCUT2D eigenvalue weighted by Gasteiger charge is -2.07. The summed E-state index contributed by atoms with van der Waals surface area (Å²) in [5.74, 6) is -8.21. The number of carbonyl (C=O) groups excluding carboxylic acids is 1. The van der Waals surface area contributed by atoms with Gasteiger partial charge in [0.05, 0.1) is 12.7 Å². The quantitative estimate of drug-likeness (QED) is 0.501. The van der Waals surface area contributed by atoms with Crippen molar-refractivity contribution in [2.45, 2.75) is 6.42 Å². The van der Waals surface area contributed by atoms with Gasteiger partial charge in [0.15, 0.2) is 23.2 Å². The van der Waals surface area contributed by atoms with Crippen molar-refractivity contribution in [1.82, 2.24) is 0 Å². The van der Waals surface area contributed by atoms with Crippen LogP contribution in [-0.2, 0) is 4.79 Å². The number of ether oxygens (including phenoxy) is 1. The van der Waals surface area contributed by atoms with Crippen molar-refractivity contribution in [3.05, 3.63) is 29.1 Å². The van der Waals surface area contributed by atoms with E-state index >= 15 is 0 Å². The molecule has 0 aromatic heterocycles. The van der Waals surface area contributed by atoms with Crippen LogP contribution in [0, 0.1) is 17.5 Å². The van der Waals surface area contributed by atoms with Crippen molar-refractivity contribution in [2.24, 2.45) is 0 Å². The van der Waals surface area contributed by atoms with E-state index in [9.17, 15) is 22.8 Å². The van der Waals surface area contributed by atoms with Gasteiger partial charge in [-0.15, -0.1) is 0 Å². The van der Waals surface area contributed by atoms with Crippen LogP contribution in [0.1, 0.15) is 16.8 Å².